The molecule has 0 aliphatic rings. The first kappa shape index (κ1) is 33.7. The molecule has 0 saturated heterocycles. The molecule has 10 N–H and O–H groups in total. The number of hydrogen-bond acceptors (Lipinski definition) is 7. The van der Waals surface area contributed by atoms with E-state index < -0.39 is 47.9 Å². The lowest BCUT2D eigenvalue weighted by Gasteiger charge is -2.26. The fraction of sp³-hybridized carbons (Fsp3) is 0.577. The minimum absolute atomic E-state index is 0.0922. The monoisotopic (exact) mass is 565 g/mol. The van der Waals surface area contributed by atoms with E-state index in [9.17, 15) is 24.3 Å². The Labute approximate surface area is 234 Å². The third kappa shape index (κ3) is 12.9. The van der Waals surface area contributed by atoms with Crippen molar-refractivity contribution in [2.24, 2.45) is 28.1 Å². The summed E-state index contributed by atoms with van der Waals surface area (Å²) in [4.78, 5) is 54.9. The molecule has 5 unspecified atom stereocenters. The highest BCUT2D eigenvalue weighted by atomic mass is 32.2. The summed E-state index contributed by atoms with van der Waals surface area (Å²) >= 11 is 1.48. The molecule has 0 aliphatic heterocycles. The minimum atomic E-state index is -1.21. The van der Waals surface area contributed by atoms with Crippen LogP contribution in [0.4, 0.5) is 0 Å². The molecular weight excluding hydrogens is 522 g/mol. The molecule has 13 heteroatoms. The summed E-state index contributed by atoms with van der Waals surface area (Å²) in [5.41, 5.74) is 17.5. The van der Waals surface area contributed by atoms with Gasteiger partial charge in [-0.2, -0.15) is 11.8 Å². The number of amides is 3. The van der Waals surface area contributed by atoms with Gasteiger partial charge in [0, 0.05) is 13.0 Å². The van der Waals surface area contributed by atoms with Gasteiger partial charge in [0.2, 0.25) is 17.7 Å². The Bertz CT molecular complexity index is 959. The molecule has 5 atom stereocenters. The highest BCUT2D eigenvalue weighted by molar-refractivity contribution is 7.98. The van der Waals surface area contributed by atoms with E-state index in [2.05, 4.69) is 20.9 Å². The van der Waals surface area contributed by atoms with Gasteiger partial charge in [0.15, 0.2) is 5.96 Å². The maximum absolute atomic E-state index is 13.4. The fourth-order valence-corrected chi connectivity index (χ4v) is 4.12. The summed E-state index contributed by atoms with van der Waals surface area (Å²) in [5, 5.41) is 17.6. The zero-order valence-corrected chi connectivity index (χ0v) is 23.7. The van der Waals surface area contributed by atoms with E-state index in [1.807, 2.05) is 50.4 Å². The number of carbonyl (C=O) groups is 4. The van der Waals surface area contributed by atoms with E-state index in [4.69, 9.17) is 17.2 Å². The zero-order chi connectivity index (χ0) is 29.4. The third-order valence-electron chi connectivity index (χ3n) is 6.28. The van der Waals surface area contributed by atoms with Crippen molar-refractivity contribution in [1.29, 1.82) is 0 Å². The van der Waals surface area contributed by atoms with Crippen LogP contribution in [0.15, 0.2) is 35.3 Å². The van der Waals surface area contributed by atoms with Gasteiger partial charge in [-0.1, -0.05) is 50.6 Å². The highest BCUT2D eigenvalue weighted by Gasteiger charge is 2.31. The Kier molecular flexibility index (Phi) is 15.6. The first-order valence-electron chi connectivity index (χ1n) is 13.0. The Balaban J connectivity index is 3.05. The van der Waals surface area contributed by atoms with E-state index in [-0.39, 0.29) is 37.7 Å². The molecule has 0 aromatic heterocycles. The summed E-state index contributed by atoms with van der Waals surface area (Å²) in [6, 6.07) is 5.17. The average molecular weight is 566 g/mol. The molecule has 0 heterocycles. The molecule has 12 nitrogen and oxygen atoms in total. The maximum Gasteiger partial charge on any atom is 0.326 e. The second-order valence-electron chi connectivity index (χ2n) is 9.35. The summed E-state index contributed by atoms with van der Waals surface area (Å²) in [7, 11) is 0. The smallest absolute Gasteiger partial charge is 0.326 e. The first-order valence-corrected chi connectivity index (χ1v) is 14.4. The van der Waals surface area contributed by atoms with Gasteiger partial charge in [-0.25, -0.2) is 4.79 Å². The van der Waals surface area contributed by atoms with Gasteiger partial charge in [-0.3, -0.25) is 19.4 Å². The van der Waals surface area contributed by atoms with Crippen LogP contribution in [0.1, 0.15) is 45.1 Å². The Hall–Kier alpha value is -3.32. The van der Waals surface area contributed by atoms with Crippen molar-refractivity contribution in [1.82, 2.24) is 16.0 Å². The predicted octanol–water partition coefficient (Wildman–Crippen LogP) is -0.0518. The van der Waals surface area contributed by atoms with Gasteiger partial charge in [0.25, 0.3) is 0 Å². The minimum Gasteiger partial charge on any atom is -0.480 e. The lowest BCUT2D eigenvalue weighted by atomic mass is 9.98. The van der Waals surface area contributed by atoms with Crippen molar-refractivity contribution < 1.29 is 24.3 Å². The van der Waals surface area contributed by atoms with Crippen LogP contribution < -0.4 is 33.2 Å². The number of aliphatic carboxylic acids is 1. The van der Waals surface area contributed by atoms with Gasteiger partial charge >= 0.3 is 5.97 Å². The SMILES string of the molecule is CCC(C)C(N)C(=O)NC(Cc1ccccc1)C(=O)NC(CCSC)C(=O)NC(CCCN=C(N)N)C(=O)O. The Morgan fingerprint density at radius 2 is 1.54 bits per heavy atom. The standard InChI is InChI=1S/C26H43N7O5S/c1-4-16(2)21(27)24(36)33-20(15-17-9-6-5-7-10-17)23(35)31-18(12-14-39-3)22(34)32-19(25(37)38)11-8-13-30-26(28)29/h5-7,9-10,16,18-21H,4,8,11-15,27H2,1-3H3,(H,31,35)(H,32,34)(H,33,36)(H,37,38)(H4,28,29,30). The Morgan fingerprint density at radius 3 is 2.10 bits per heavy atom. The van der Waals surface area contributed by atoms with Crippen molar-refractivity contribution >= 4 is 41.4 Å². The molecule has 0 bridgehead atoms. The second-order valence-corrected chi connectivity index (χ2v) is 10.3. The van der Waals surface area contributed by atoms with Gasteiger partial charge in [-0.05, 0) is 42.8 Å². The number of carbonyl (C=O) groups excluding carboxylic acids is 3. The molecule has 0 fully saturated rings. The average Bonchev–Trinajstić information content (AvgIpc) is 2.91. The van der Waals surface area contributed by atoms with E-state index in [1.54, 1.807) is 0 Å². The number of hydrogen-bond donors (Lipinski definition) is 7. The number of nitrogens with zero attached hydrogens (tertiary/aromatic N) is 1. The molecule has 218 valence electrons. The van der Waals surface area contributed by atoms with Crippen LogP contribution in [0, 0.1) is 5.92 Å². The quantitative estimate of drug-likeness (QED) is 0.0720. The van der Waals surface area contributed by atoms with Crippen LogP contribution in [0.5, 0.6) is 0 Å². The Morgan fingerprint density at radius 1 is 0.949 bits per heavy atom. The second kappa shape index (κ2) is 18.1. The van der Waals surface area contributed by atoms with Gasteiger partial charge in [0.05, 0.1) is 6.04 Å². The molecule has 1 rings (SSSR count). The summed E-state index contributed by atoms with van der Waals surface area (Å²) < 4.78 is 0. The summed E-state index contributed by atoms with van der Waals surface area (Å²) in [5.74, 6) is -2.53. The van der Waals surface area contributed by atoms with Crippen molar-refractivity contribution in [2.45, 2.75) is 70.1 Å². The molecule has 1 aromatic rings. The predicted molar refractivity (Wildman–Crippen MR) is 154 cm³/mol. The highest BCUT2D eigenvalue weighted by Crippen LogP contribution is 2.10. The normalized spacial score (nSPS) is 14.7. The lowest BCUT2D eigenvalue weighted by molar-refractivity contribution is -0.142. The molecule has 0 spiro atoms. The fourth-order valence-electron chi connectivity index (χ4n) is 3.65. The first-order chi connectivity index (χ1) is 18.5. The molecule has 1 aromatic carbocycles. The number of benzene rings is 1. The maximum atomic E-state index is 13.4. The molecule has 0 radical (unpaired) electrons. The van der Waals surface area contributed by atoms with Crippen LogP contribution in [0.2, 0.25) is 0 Å². The molecule has 39 heavy (non-hydrogen) atoms. The molecule has 0 saturated carbocycles. The van der Waals surface area contributed by atoms with Crippen LogP contribution >= 0.6 is 11.8 Å². The van der Waals surface area contributed by atoms with Crippen molar-refractivity contribution in [3.8, 4) is 0 Å². The molecule has 3 amide bonds. The number of aliphatic imine (C=N–C) groups is 1. The van der Waals surface area contributed by atoms with Crippen molar-refractivity contribution in [2.75, 3.05) is 18.6 Å². The number of carboxylic acid groups (broad SMARTS) is 1. The van der Waals surface area contributed by atoms with E-state index in [0.717, 1.165) is 5.56 Å². The zero-order valence-electron chi connectivity index (χ0n) is 22.9. The van der Waals surface area contributed by atoms with Crippen LogP contribution in [-0.4, -0.2) is 77.5 Å². The van der Waals surface area contributed by atoms with Gasteiger partial charge in [-0.15, -0.1) is 0 Å². The number of thioether (sulfide) groups is 1. The summed E-state index contributed by atoms with van der Waals surface area (Å²) in [6.45, 7) is 4.00. The third-order valence-corrected chi connectivity index (χ3v) is 6.92. The topological polar surface area (TPSA) is 215 Å². The number of carboxylic acids is 1. The number of guanidine groups is 1. The van der Waals surface area contributed by atoms with E-state index >= 15 is 0 Å². The largest absolute Gasteiger partial charge is 0.480 e. The van der Waals surface area contributed by atoms with Crippen molar-refractivity contribution in [3.63, 3.8) is 0 Å². The van der Waals surface area contributed by atoms with Gasteiger partial charge < -0.3 is 38.3 Å². The molecular formula is C26H43N7O5S. The number of nitrogens with two attached hydrogens (primary N) is 3. The van der Waals surface area contributed by atoms with E-state index in [1.165, 1.54) is 11.8 Å². The van der Waals surface area contributed by atoms with Crippen LogP contribution in [0.25, 0.3) is 0 Å². The number of rotatable bonds is 18. The van der Waals surface area contributed by atoms with E-state index in [0.29, 0.717) is 18.6 Å². The van der Waals surface area contributed by atoms with Crippen molar-refractivity contribution in [3.05, 3.63) is 35.9 Å². The summed E-state index contributed by atoms with van der Waals surface area (Å²) in [6.07, 6.45) is 3.43. The lowest BCUT2D eigenvalue weighted by Crippen LogP contribution is -2.58. The number of nitrogens with one attached hydrogen (secondary N) is 3. The van der Waals surface area contributed by atoms with Crippen LogP contribution in [0.3, 0.4) is 0 Å². The van der Waals surface area contributed by atoms with Crippen LogP contribution in [-0.2, 0) is 25.6 Å². The molecule has 0 aliphatic carbocycles. The van der Waals surface area contributed by atoms with Gasteiger partial charge in [0.1, 0.15) is 18.1 Å².